The summed E-state index contributed by atoms with van der Waals surface area (Å²) in [5, 5.41) is 5.58. The maximum absolute atomic E-state index is 13.3. The first-order valence-corrected chi connectivity index (χ1v) is 10.2. The summed E-state index contributed by atoms with van der Waals surface area (Å²) < 4.78 is 13.3. The van der Waals surface area contributed by atoms with Gasteiger partial charge in [0.05, 0.1) is 17.3 Å². The van der Waals surface area contributed by atoms with E-state index in [2.05, 4.69) is 10.6 Å². The van der Waals surface area contributed by atoms with Crippen molar-refractivity contribution < 1.29 is 23.6 Å². The molecule has 1 fully saturated rings. The zero-order valence-electron chi connectivity index (χ0n) is 17.5. The molecule has 1 saturated heterocycles. The van der Waals surface area contributed by atoms with Gasteiger partial charge >= 0.3 is 6.03 Å². The van der Waals surface area contributed by atoms with Gasteiger partial charge in [0.1, 0.15) is 17.9 Å². The van der Waals surface area contributed by atoms with Gasteiger partial charge in [-0.1, -0.05) is 42.8 Å². The minimum atomic E-state index is -1.38. The minimum Gasteiger partial charge on any atom is -0.335 e. The number of urea groups is 1. The highest BCUT2D eigenvalue weighted by molar-refractivity contribution is 6.33. The second-order valence-electron chi connectivity index (χ2n) is 7.37. The molecule has 10 heteroatoms. The lowest BCUT2D eigenvalue weighted by Gasteiger charge is -2.26. The van der Waals surface area contributed by atoms with Crippen molar-refractivity contribution in [3.05, 3.63) is 64.9 Å². The summed E-state index contributed by atoms with van der Waals surface area (Å²) in [6.45, 7) is 0.867. The number of nitrogens with one attached hydrogen (secondary N) is 2. The van der Waals surface area contributed by atoms with Crippen molar-refractivity contribution in [2.75, 3.05) is 25.5 Å². The summed E-state index contributed by atoms with van der Waals surface area (Å²) in [5.41, 5.74) is -0.561. The lowest BCUT2D eigenvalue weighted by Crippen LogP contribution is -2.46. The fraction of sp³-hybridized carbons (Fsp3) is 0.273. The van der Waals surface area contributed by atoms with Gasteiger partial charge in [-0.15, -0.1) is 0 Å². The first kappa shape index (κ1) is 23.2. The van der Waals surface area contributed by atoms with Crippen molar-refractivity contribution in [1.82, 2.24) is 15.1 Å². The first-order valence-electron chi connectivity index (χ1n) is 9.86. The molecule has 2 N–H and O–H groups in total. The summed E-state index contributed by atoms with van der Waals surface area (Å²) in [5.74, 6) is -2.17. The number of amides is 5. The highest BCUT2D eigenvalue weighted by atomic mass is 35.5. The molecule has 0 bridgehead atoms. The molecular formula is C22H22ClFN4O4. The van der Waals surface area contributed by atoms with E-state index in [4.69, 9.17) is 11.6 Å². The van der Waals surface area contributed by atoms with Crippen molar-refractivity contribution >= 4 is 41.0 Å². The van der Waals surface area contributed by atoms with E-state index in [9.17, 15) is 23.6 Å². The van der Waals surface area contributed by atoms with Crippen LogP contribution in [0.2, 0.25) is 5.02 Å². The van der Waals surface area contributed by atoms with Crippen LogP contribution in [0.4, 0.5) is 14.9 Å². The predicted molar refractivity (Wildman–Crippen MR) is 116 cm³/mol. The summed E-state index contributed by atoms with van der Waals surface area (Å²) in [7, 11) is 1.39. The molecule has 168 valence electrons. The van der Waals surface area contributed by atoms with Gasteiger partial charge in [-0.3, -0.25) is 19.3 Å². The number of carbonyl (C=O) groups excluding carboxylic acids is 4. The number of rotatable bonds is 7. The number of likely N-dealkylation sites (N-methyl/N-ethyl adjacent to an activating group) is 1. The number of hydrogen-bond acceptors (Lipinski definition) is 4. The summed E-state index contributed by atoms with van der Waals surface area (Å²) >= 11 is 6.01. The van der Waals surface area contributed by atoms with E-state index in [1.807, 2.05) is 0 Å². The molecule has 0 radical (unpaired) electrons. The topological polar surface area (TPSA) is 98.8 Å². The quantitative estimate of drug-likeness (QED) is 0.620. The number of halogens is 2. The number of anilines is 1. The van der Waals surface area contributed by atoms with Crippen LogP contribution in [0.1, 0.15) is 18.9 Å². The fourth-order valence-electron chi connectivity index (χ4n) is 3.46. The summed E-state index contributed by atoms with van der Waals surface area (Å²) in [6, 6.07) is 11.2. The lowest BCUT2D eigenvalue weighted by molar-refractivity contribution is -0.139. The Morgan fingerprint density at radius 1 is 1.16 bits per heavy atom. The van der Waals surface area contributed by atoms with Crippen LogP contribution in [0.25, 0.3) is 0 Å². The number of imide groups is 1. The van der Waals surface area contributed by atoms with Crippen LogP contribution < -0.4 is 10.6 Å². The van der Waals surface area contributed by atoms with E-state index in [0.29, 0.717) is 16.3 Å². The lowest BCUT2D eigenvalue weighted by atomic mass is 9.87. The van der Waals surface area contributed by atoms with E-state index >= 15 is 0 Å². The Hall–Kier alpha value is -3.46. The number of hydrogen-bond donors (Lipinski definition) is 2. The number of para-hydroxylation sites is 1. The summed E-state index contributed by atoms with van der Waals surface area (Å²) in [6.07, 6.45) is 0.212. The molecule has 2 aromatic rings. The van der Waals surface area contributed by atoms with E-state index < -0.39 is 41.7 Å². The Labute approximate surface area is 189 Å². The molecule has 8 nitrogen and oxygen atoms in total. The average Bonchev–Trinajstić information content (AvgIpc) is 3.00. The molecule has 1 aliphatic heterocycles. The summed E-state index contributed by atoms with van der Waals surface area (Å²) in [4.78, 5) is 52.4. The maximum atomic E-state index is 13.3. The minimum absolute atomic E-state index is 0.212. The Morgan fingerprint density at radius 3 is 2.44 bits per heavy atom. The van der Waals surface area contributed by atoms with E-state index in [1.165, 1.54) is 31.3 Å². The molecule has 0 unspecified atom stereocenters. The highest BCUT2D eigenvalue weighted by Gasteiger charge is 2.51. The van der Waals surface area contributed by atoms with Crippen LogP contribution in [0, 0.1) is 5.82 Å². The van der Waals surface area contributed by atoms with Crippen molar-refractivity contribution in [3.8, 4) is 0 Å². The zero-order valence-corrected chi connectivity index (χ0v) is 18.3. The molecular weight excluding hydrogens is 439 g/mol. The third-order valence-electron chi connectivity index (χ3n) is 5.29. The van der Waals surface area contributed by atoms with Crippen LogP contribution in [-0.2, 0) is 19.9 Å². The highest BCUT2D eigenvalue weighted by Crippen LogP contribution is 2.32. The van der Waals surface area contributed by atoms with E-state index in [0.717, 1.165) is 9.80 Å². The Bertz CT molecular complexity index is 1060. The Balaban J connectivity index is 1.67. The third kappa shape index (κ3) is 4.57. The normalized spacial score (nSPS) is 17.8. The molecule has 1 heterocycles. The SMILES string of the molecule is CC[C@]1(c2ccc(F)cc2)NC(=O)N(CC(=O)N(C)CC(=O)Nc2ccccc2Cl)C1=O. The molecule has 5 amide bonds. The largest absolute Gasteiger partial charge is 0.335 e. The standard InChI is InChI=1S/C22H22ClFN4O4/c1-3-22(14-8-10-15(24)11-9-14)20(31)28(21(32)26-22)13-19(30)27(2)12-18(29)25-17-7-5-4-6-16(17)23/h4-11H,3,12-13H2,1-2H3,(H,25,29)(H,26,32)/t22-/m1/s1. The van der Waals surface area contributed by atoms with Gasteiger partial charge in [0.25, 0.3) is 5.91 Å². The zero-order chi connectivity index (χ0) is 23.5. The second-order valence-corrected chi connectivity index (χ2v) is 7.77. The predicted octanol–water partition coefficient (Wildman–Crippen LogP) is 2.73. The third-order valence-corrected chi connectivity index (χ3v) is 5.62. The maximum Gasteiger partial charge on any atom is 0.325 e. The van der Waals surface area contributed by atoms with Crippen molar-refractivity contribution in [3.63, 3.8) is 0 Å². The van der Waals surface area contributed by atoms with Crippen LogP contribution >= 0.6 is 11.6 Å². The molecule has 0 aromatic heterocycles. The Morgan fingerprint density at radius 2 is 1.81 bits per heavy atom. The van der Waals surface area contributed by atoms with Gasteiger partial charge in [0.15, 0.2) is 0 Å². The van der Waals surface area contributed by atoms with Gasteiger partial charge in [0.2, 0.25) is 11.8 Å². The van der Waals surface area contributed by atoms with Gasteiger partial charge in [0, 0.05) is 7.05 Å². The van der Waals surface area contributed by atoms with Crippen molar-refractivity contribution in [2.24, 2.45) is 0 Å². The molecule has 2 aromatic carbocycles. The molecule has 0 spiro atoms. The number of benzene rings is 2. The van der Waals surface area contributed by atoms with Crippen molar-refractivity contribution in [2.45, 2.75) is 18.9 Å². The number of nitrogens with zero attached hydrogens (tertiary/aromatic N) is 2. The van der Waals surface area contributed by atoms with Crippen LogP contribution in [0.15, 0.2) is 48.5 Å². The fourth-order valence-corrected chi connectivity index (χ4v) is 3.64. The second kappa shape index (κ2) is 9.35. The van der Waals surface area contributed by atoms with E-state index in [-0.39, 0.29) is 13.0 Å². The first-order chi connectivity index (χ1) is 15.2. The number of carbonyl (C=O) groups is 4. The molecule has 3 rings (SSSR count). The molecule has 1 atom stereocenters. The van der Waals surface area contributed by atoms with Gasteiger partial charge in [-0.05, 0) is 36.2 Å². The molecule has 32 heavy (non-hydrogen) atoms. The van der Waals surface area contributed by atoms with Crippen molar-refractivity contribution in [1.29, 1.82) is 0 Å². The van der Waals surface area contributed by atoms with Gasteiger partial charge < -0.3 is 15.5 Å². The smallest absolute Gasteiger partial charge is 0.325 e. The molecule has 0 aliphatic carbocycles. The van der Waals surface area contributed by atoms with E-state index in [1.54, 1.807) is 31.2 Å². The molecule has 1 aliphatic rings. The van der Waals surface area contributed by atoms with Gasteiger partial charge in [-0.2, -0.15) is 0 Å². The van der Waals surface area contributed by atoms with Crippen LogP contribution in [0.3, 0.4) is 0 Å². The molecule has 0 saturated carbocycles. The van der Waals surface area contributed by atoms with Gasteiger partial charge in [-0.25, -0.2) is 9.18 Å². The average molecular weight is 461 g/mol. The van der Waals surface area contributed by atoms with Crippen LogP contribution in [-0.4, -0.2) is 53.7 Å². The Kier molecular flexibility index (Phi) is 6.78. The van der Waals surface area contributed by atoms with Crippen LogP contribution in [0.5, 0.6) is 0 Å². The monoisotopic (exact) mass is 460 g/mol.